The molecular formula is C16H21N3OS. The third-order valence-electron chi connectivity index (χ3n) is 4.83. The first-order chi connectivity index (χ1) is 10.2. The zero-order valence-corrected chi connectivity index (χ0v) is 13.3. The molecule has 2 N–H and O–H groups in total. The molecule has 1 fully saturated rings. The molecule has 5 heteroatoms. The number of ether oxygens (including phenoxy) is 1. The topological polar surface area (TPSA) is 61.0 Å². The van der Waals surface area contributed by atoms with E-state index < -0.39 is 0 Å². The molecule has 0 bridgehead atoms. The Hall–Kier alpha value is -1.20. The molecule has 0 amide bonds. The minimum Gasteiger partial charge on any atom is -0.383 e. The number of rotatable bonds is 3. The van der Waals surface area contributed by atoms with Crippen LogP contribution in [0.3, 0.4) is 0 Å². The summed E-state index contributed by atoms with van der Waals surface area (Å²) in [5.41, 5.74) is 7.40. The molecule has 0 aliphatic heterocycles. The molecule has 2 heterocycles. The van der Waals surface area contributed by atoms with Crippen molar-refractivity contribution in [3.8, 4) is 0 Å². The van der Waals surface area contributed by atoms with E-state index in [0.717, 1.165) is 35.3 Å². The molecule has 2 aromatic rings. The van der Waals surface area contributed by atoms with Crippen LogP contribution < -0.4 is 5.73 Å². The van der Waals surface area contributed by atoms with Gasteiger partial charge in [-0.3, -0.25) is 0 Å². The lowest BCUT2D eigenvalue weighted by Crippen LogP contribution is -2.29. The first-order valence-corrected chi connectivity index (χ1v) is 8.77. The fourth-order valence-corrected chi connectivity index (χ4v) is 5.15. The fourth-order valence-electron chi connectivity index (χ4n) is 3.88. The second-order valence-electron chi connectivity index (χ2n) is 6.10. The van der Waals surface area contributed by atoms with E-state index in [0.29, 0.717) is 12.4 Å². The molecule has 112 valence electrons. The highest BCUT2D eigenvalue weighted by Crippen LogP contribution is 2.44. The van der Waals surface area contributed by atoms with Gasteiger partial charge >= 0.3 is 0 Å². The summed E-state index contributed by atoms with van der Waals surface area (Å²) in [6.45, 7) is 2.74. The maximum atomic E-state index is 6.30. The smallest absolute Gasteiger partial charge is 0.164 e. The predicted molar refractivity (Wildman–Crippen MR) is 85.6 cm³/mol. The molecule has 2 aromatic heterocycles. The van der Waals surface area contributed by atoms with Crippen LogP contribution in [0.5, 0.6) is 0 Å². The summed E-state index contributed by atoms with van der Waals surface area (Å²) in [4.78, 5) is 12.1. The van der Waals surface area contributed by atoms with Crippen LogP contribution in [0.2, 0.25) is 0 Å². The number of aromatic nitrogens is 2. The van der Waals surface area contributed by atoms with Crippen LogP contribution in [0.4, 0.5) is 5.82 Å². The normalized spacial score (nSPS) is 20.2. The van der Waals surface area contributed by atoms with Crippen LogP contribution in [0.15, 0.2) is 0 Å². The summed E-state index contributed by atoms with van der Waals surface area (Å²) < 4.78 is 6.08. The summed E-state index contributed by atoms with van der Waals surface area (Å²) in [5, 5.41) is 1.11. The van der Waals surface area contributed by atoms with Gasteiger partial charge in [0.25, 0.3) is 0 Å². The number of thiophene rings is 1. The molecule has 0 saturated heterocycles. The molecular weight excluding hydrogens is 282 g/mol. The zero-order valence-electron chi connectivity index (χ0n) is 12.4. The highest BCUT2D eigenvalue weighted by molar-refractivity contribution is 7.19. The van der Waals surface area contributed by atoms with Crippen molar-refractivity contribution in [1.82, 2.24) is 9.97 Å². The lowest BCUT2D eigenvalue weighted by Gasteiger charge is -2.27. The van der Waals surface area contributed by atoms with Gasteiger partial charge in [0, 0.05) is 11.5 Å². The van der Waals surface area contributed by atoms with E-state index in [1.807, 2.05) is 6.92 Å². The molecule has 21 heavy (non-hydrogen) atoms. The van der Waals surface area contributed by atoms with E-state index in [1.165, 1.54) is 36.1 Å². The Morgan fingerprint density at radius 1 is 1.19 bits per heavy atom. The Balaban J connectivity index is 1.87. The quantitative estimate of drug-likeness (QED) is 0.941. The number of nitrogens with zero attached hydrogens (tertiary/aromatic N) is 2. The first kappa shape index (κ1) is 13.5. The van der Waals surface area contributed by atoms with Crippen molar-refractivity contribution in [3.05, 3.63) is 16.3 Å². The average molecular weight is 303 g/mol. The Kier molecular flexibility index (Phi) is 3.15. The van der Waals surface area contributed by atoms with Gasteiger partial charge in [-0.1, -0.05) is 0 Å². The average Bonchev–Trinajstić information content (AvgIpc) is 3.13. The Morgan fingerprint density at radius 2 is 2.00 bits per heavy atom. The van der Waals surface area contributed by atoms with E-state index in [4.69, 9.17) is 15.5 Å². The van der Waals surface area contributed by atoms with Crippen molar-refractivity contribution in [1.29, 1.82) is 0 Å². The van der Waals surface area contributed by atoms with Crippen molar-refractivity contribution in [2.75, 3.05) is 12.3 Å². The maximum absolute atomic E-state index is 6.30. The first-order valence-electron chi connectivity index (χ1n) is 7.96. The lowest BCUT2D eigenvalue weighted by atomic mass is 10.0. The van der Waals surface area contributed by atoms with Crippen LogP contribution >= 0.6 is 11.3 Å². The van der Waals surface area contributed by atoms with Gasteiger partial charge in [0.1, 0.15) is 16.2 Å². The lowest BCUT2D eigenvalue weighted by molar-refractivity contribution is -0.0453. The summed E-state index contributed by atoms with van der Waals surface area (Å²) in [7, 11) is 0. The van der Waals surface area contributed by atoms with Gasteiger partial charge in [-0.05, 0) is 57.4 Å². The van der Waals surface area contributed by atoms with Gasteiger partial charge in [-0.25, -0.2) is 9.97 Å². The second kappa shape index (κ2) is 4.92. The number of nitrogen functional groups attached to an aromatic ring is 1. The maximum Gasteiger partial charge on any atom is 0.164 e. The van der Waals surface area contributed by atoms with Crippen LogP contribution in [-0.2, 0) is 23.2 Å². The summed E-state index contributed by atoms with van der Waals surface area (Å²) >= 11 is 1.80. The Morgan fingerprint density at radius 3 is 2.76 bits per heavy atom. The van der Waals surface area contributed by atoms with E-state index in [2.05, 4.69) is 4.98 Å². The molecule has 2 aliphatic rings. The minimum atomic E-state index is -0.300. The number of hydrogen-bond donors (Lipinski definition) is 1. The molecule has 0 atom stereocenters. The van der Waals surface area contributed by atoms with Crippen molar-refractivity contribution in [3.63, 3.8) is 0 Å². The molecule has 0 radical (unpaired) electrons. The molecule has 1 saturated carbocycles. The summed E-state index contributed by atoms with van der Waals surface area (Å²) in [5.74, 6) is 1.46. The van der Waals surface area contributed by atoms with Crippen molar-refractivity contribution in [2.24, 2.45) is 0 Å². The van der Waals surface area contributed by atoms with Gasteiger partial charge in [-0.2, -0.15) is 0 Å². The van der Waals surface area contributed by atoms with Gasteiger partial charge in [0.05, 0.1) is 5.39 Å². The van der Waals surface area contributed by atoms with Crippen molar-refractivity contribution >= 4 is 27.4 Å². The minimum absolute atomic E-state index is 0.300. The van der Waals surface area contributed by atoms with Gasteiger partial charge in [-0.15, -0.1) is 11.3 Å². The van der Waals surface area contributed by atoms with Crippen LogP contribution in [0, 0.1) is 0 Å². The monoisotopic (exact) mass is 303 g/mol. The van der Waals surface area contributed by atoms with Crippen LogP contribution in [-0.4, -0.2) is 16.6 Å². The number of hydrogen-bond acceptors (Lipinski definition) is 5. The second-order valence-corrected chi connectivity index (χ2v) is 7.19. The number of aryl methyl sites for hydroxylation is 2. The van der Waals surface area contributed by atoms with E-state index in [9.17, 15) is 0 Å². The molecule has 0 aromatic carbocycles. The number of anilines is 1. The van der Waals surface area contributed by atoms with Gasteiger partial charge in [0.2, 0.25) is 0 Å². The zero-order chi connectivity index (χ0) is 14.4. The molecule has 0 unspecified atom stereocenters. The molecule has 4 rings (SSSR count). The van der Waals surface area contributed by atoms with Gasteiger partial charge in [0.15, 0.2) is 5.82 Å². The molecule has 4 nitrogen and oxygen atoms in total. The number of fused-ring (bicyclic) bond motifs is 3. The van der Waals surface area contributed by atoms with Crippen molar-refractivity contribution in [2.45, 2.75) is 57.5 Å². The summed E-state index contributed by atoms with van der Waals surface area (Å²) in [6, 6.07) is 0. The highest BCUT2D eigenvalue weighted by atomic mass is 32.1. The largest absolute Gasteiger partial charge is 0.383 e. The van der Waals surface area contributed by atoms with Crippen molar-refractivity contribution < 1.29 is 4.74 Å². The van der Waals surface area contributed by atoms with Gasteiger partial charge < -0.3 is 10.5 Å². The molecule has 2 aliphatic carbocycles. The SMILES string of the molecule is CCOC1(c2nc(N)c3c4c(sc3n2)CCC4)CCCC1. The summed E-state index contributed by atoms with van der Waals surface area (Å²) in [6.07, 6.45) is 7.92. The van der Waals surface area contributed by atoms with E-state index in [-0.39, 0.29) is 5.60 Å². The molecule has 0 spiro atoms. The standard InChI is InChI=1S/C16H21N3OS/c1-2-20-16(8-3-4-9-16)15-18-13(17)12-10-6-5-7-11(10)21-14(12)19-15/h2-9H2,1H3,(H2,17,18,19). The highest BCUT2D eigenvalue weighted by Gasteiger charge is 2.40. The Bertz CT molecular complexity index is 688. The van der Waals surface area contributed by atoms with Crippen LogP contribution in [0.1, 0.15) is 55.3 Å². The number of nitrogens with two attached hydrogens (primary N) is 1. The van der Waals surface area contributed by atoms with E-state index >= 15 is 0 Å². The Labute approximate surface area is 128 Å². The predicted octanol–water partition coefficient (Wildman–Crippen LogP) is 3.57. The van der Waals surface area contributed by atoms with E-state index in [1.54, 1.807) is 11.3 Å². The van der Waals surface area contributed by atoms with Crippen LogP contribution in [0.25, 0.3) is 10.2 Å². The third-order valence-corrected chi connectivity index (χ3v) is 6.02. The fraction of sp³-hybridized carbons (Fsp3) is 0.625. The third kappa shape index (κ3) is 1.98.